The van der Waals surface area contributed by atoms with Crippen LogP contribution < -0.4 is 19.3 Å². The fourth-order valence-electron chi connectivity index (χ4n) is 4.40. The van der Waals surface area contributed by atoms with Crippen molar-refractivity contribution in [3.63, 3.8) is 0 Å². The standard InChI is InChI=1S/C30H32N2O5/c1-5-18-37-25-13-8-7-12-24(25)32-27(20-14-16-22(17-15-20)31(3)4)26(29(34)30(32)35)28(33)21-10-9-11-23(19-21)36-6-2/h7-17,19,27,33H,5-6,18H2,1-4H3/b28-26-. The number of para-hydroxylation sites is 2. The summed E-state index contributed by atoms with van der Waals surface area (Å²) >= 11 is 0. The molecule has 192 valence electrons. The second kappa shape index (κ2) is 11.2. The van der Waals surface area contributed by atoms with Gasteiger partial charge in [0.15, 0.2) is 0 Å². The Balaban J connectivity index is 1.92. The van der Waals surface area contributed by atoms with Gasteiger partial charge in [-0.05, 0) is 55.3 Å². The minimum atomic E-state index is -0.849. The summed E-state index contributed by atoms with van der Waals surface area (Å²) < 4.78 is 11.5. The Morgan fingerprint density at radius 1 is 0.946 bits per heavy atom. The summed E-state index contributed by atoms with van der Waals surface area (Å²) in [5.74, 6) is -0.676. The zero-order valence-electron chi connectivity index (χ0n) is 21.6. The van der Waals surface area contributed by atoms with Crippen molar-refractivity contribution in [2.45, 2.75) is 26.3 Å². The van der Waals surface area contributed by atoms with Gasteiger partial charge in [0.2, 0.25) is 0 Å². The van der Waals surface area contributed by atoms with Crippen LogP contribution in [0.4, 0.5) is 11.4 Å². The van der Waals surface area contributed by atoms with Gasteiger partial charge in [0.25, 0.3) is 11.7 Å². The lowest BCUT2D eigenvalue weighted by molar-refractivity contribution is -0.132. The second-order valence-corrected chi connectivity index (χ2v) is 8.93. The quantitative estimate of drug-likeness (QED) is 0.235. The summed E-state index contributed by atoms with van der Waals surface area (Å²) in [6.45, 7) is 4.79. The van der Waals surface area contributed by atoms with Crippen LogP contribution in [0.15, 0.2) is 78.4 Å². The van der Waals surface area contributed by atoms with Crippen molar-refractivity contribution in [2.24, 2.45) is 0 Å². The molecule has 1 amide bonds. The summed E-state index contributed by atoms with van der Waals surface area (Å²) in [6, 6.07) is 20.8. The molecule has 3 aromatic carbocycles. The maximum absolute atomic E-state index is 13.5. The molecule has 0 saturated carbocycles. The van der Waals surface area contributed by atoms with Gasteiger partial charge in [-0.25, -0.2) is 0 Å². The number of ether oxygens (including phenoxy) is 2. The van der Waals surface area contributed by atoms with Crippen LogP contribution >= 0.6 is 0 Å². The van der Waals surface area contributed by atoms with Gasteiger partial charge in [-0.2, -0.15) is 0 Å². The van der Waals surface area contributed by atoms with Crippen molar-refractivity contribution in [3.05, 3.63) is 89.5 Å². The highest BCUT2D eigenvalue weighted by Gasteiger charge is 2.47. The number of amides is 1. The number of anilines is 2. The van der Waals surface area contributed by atoms with Gasteiger partial charge in [0.05, 0.1) is 30.5 Å². The van der Waals surface area contributed by atoms with Crippen molar-refractivity contribution >= 4 is 28.8 Å². The zero-order chi connectivity index (χ0) is 26.5. The Labute approximate surface area is 217 Å². The number of carbonyl (C=O) groups is 2. The monoisotopic (exact) mass is 500 g/mol. The number of hydrogen-bond donors (Lipinski definition) is 1. The summed E-state index contributed by atoms with van der Waals surface area (Å²) in [4.78, 5) is 30.5. The maximum Gasteiger partial charge on any atom is 0.300 e. The van der Waals surface area contributed by atoms with E-state index >= 15 is 0 Å². The van der Waals surface area contributed by atoms with Crippen molar-refractivity contribution < 1.29 is 24.2 Å². The van der Waals surface area contributed by atoms with Crippen molar-refractivity contribution in [3.8, 4) is 11.5 Å². The van der Waals surface area contributed by atoms with Gasteiger partial charge < -0.3 is 19.5 Å². The molecule has 1 aliphatic heterocycles. The third-order valence-corrected chi connectivity index (χ3v) is 6.17. The third kappa shape index (κ3) is 5.16. The maximum atomic E-state index is 13.5. The number of carbonyl (C=O) groups excluding carboxylic acids is 2. The van der Waals surface area contributed by atoms with Crippen LogP contribution in [0, 0.1) is 0 Å². The second-order valence-electron chi connectivity index (χ2n) is 8.93. The molecular weight excluding hydrogens is 468 g/mol. The van der Waals surface area contributed by atoms with E-state index in [0.717, 1.165) is 12.1 Å². The number of hydrogen-bond acceptors (Lipinski definition) is 6. The highest BCUT2D eigenvalue weighted by molar-refractivity contribution is 6.52. The Morgan fingerprint density at radius 2 is 1.68 bits per heavy atom. The van der Waals surface area contributed by atoms with E-state index in [1.807, 2.05) is 63.2 Å². The fourth-order valence-corrected chi connectivity index (χ4v) is 4.40. The first-order chi connectivity index (χ1) is 17.9. The van der Waals surface area contributed by atoms with Crippen molar-refractivity contribution in [1.82, 2.24) is 0 Å². The average Bonchev–Trinajstić information content (AvgIpc) is 3.17. The van der Waals surface area contributed by atoms with E-state index < -0.39 is 17.7 Å². The molecule has 0 bridgehead atoms. The Hall–Kier alpha value is -4.26. The molecule has 1 aliphatic rings. The Bertz CT molecular complexity index is 1310. The third-order valence-electron chi connectivity index (χ3n) is 6.17. The number of aliphatic hydroxyl groups excluding tert-OH is 1. The molecule has 37 heavy (non-hydrogen) atoms. The van der Waals surface area contributed by atoms with Gasteiger partial charge in [-0.15, -0.1) is 0 Å². The van der Waals surface area contributed by atoms with Gasteiger partial charge in [0, 0.05) is 25.3 Å². The van der Waals surface area contributed by atoms with E-state index in [0.29, 0.717) is 41.5 Å². The largest absolute Gasteiger partial charge is 0.507 e. The molecule has 0 aromatic heterocycles. The molecule has 7 nitrogen and oxygen atoms in total. The first-order valence-electron chi connectivity index (χ1n) is 12.4. The van der Waals surface area contributed by atoms with Crippen LogP contribution in [0.3, 0.4) is 0 Å². The molecule has 3 aromatic rings. The zero-order valence-corrected chi connectivity index (χ0v) is 21.6. The molecule has 1 heterocycles. The smallest absolute Gasteiger partial charge is 0.300 e. The Morgan fingerprint density at radius 3 is 2.35 bits per heavy atom. The Kier molecular flexibility index (Phi) is 7.82. The van der Waals surface area contributed by atoms with Crippen LogP contribution in [0.1, 0.15) is 37.4 Å². The summed E-state index contributed by atoms with van der Waals surface area (Å²) in [5, 5.41) is 11.4. The fraction of sp³-hybridized carbons (Fsp3) is 0.267. The summed E-state index contributed by atoms with van der Waals surface area (Å²) in [5.41, 5.74) is 2.55. The SMILES string of the molecule is CCCOc1ccccc1N1C(=O)C(=O)/C(=C(\O)c2cccc(OCC)c2)C1c1ccc(N(C)C)cc1. The van der Waals surface area contributed by atoms with Gasteiger partial charge in [-0.3, -0.25) is 14.5 Å². The van der Waals surface area contributed by atoms with E-state index in [-0.39, 0.29) is 11.3 Å². The first-order valence-corrected chi connectivity index (χ1v) is 12.4. The number of Topliss-reactive ketones (excluding diaryl/α,β-unsaturated/α-hetero) is 1. The molecule has 4 rings (SSSR count). The molecule has 0 spiro atoms. The number of aliphatic hydroxyl groups is 1. The van der Waals surface area contributed by atoms with E-state index in [1.165, 1.54) is 4.90 Å². The topological polar surface area (TPSA) is 79.3 Å². The summed E-state index contributed by atoms with van der Waals surface area (Å²) in [6.07, 6.45) is 0.790. The first kappa shape index (κ1) is 25.8. The van der Waals surface area contributed by atoms with Crippen LogP contribution in [0.25, 0.3) is 5.76 Å². The van der Waals surface area contributed by atoms with Gasteiger partial charge >= 0.3 is 0 Å². The minimum absolute atomic E-state index is 0.0153. The van der Waals surface area contributed by atoms with Crippen LogP contribution in [-0.4, -0.2) is 44.1 Å². The predicted octanol–water partition coefficient (Wildman–Crippen LogP) is 5.57. The van der Waals surface area contributed by atoms with Gasteiger partial charge in [-0.1, -0.05) is 43.3 Å². The van der Waals surface area contributed by atoms with Crippen LogP contribution in [0.5, 0.6) is 11.5 Å². The molecule has 1 fully saturated rings. The average molecular weight is 501 g/mol. The van der Waals surface area contributed by atoms with Crippen molar-refractivity contribution in [2.75, 3.05) is 37.1 Å². The van der Waals surface area contributed by atoms with E-state index in [2.05, 4.69) is 0 Å². The molecule has 1 unspecified atom stereocenters. The lowest BCUT2D eigenvalue weighted by Crippen LogP contribution is -2.30. The predicted molar refractivity (Wildman–Crippen MR) is 145 cm³/mol. The van der Waals surface area contributed by atoms with E-state index in [4.69, 9.17) is 9.47 Å². The normalized spacial score (nSPS) is 16.6. The number of nitrogens with zero attached hydrogens (tertiary/aromatic N) is 2. The molecular formula is C30H32N2O5. The molecule has 0 radical (unpaired) electrons. The van der Waals surface area contributed by atoms with E-state index in [9.17, 15) is 14.7 Å². The van der Waals surface area contributed by atoms with Crippen LogP contribution in [0.2, 0.25) is 0 Å². The number of ketones is 1. The van der Waals surface area contributed by atoms with Crippen molar-refractivity contribution in [1.29, 1.82) is 0 Å². The molecule has 1 atom stereocenters. The molecule has 1 N–H and O–H groups in total. The molecule has 7 heteroatoms. The number of benzene rings is 3. The lowest BCUT2D eigenvalue weighted by atomic mass is 9.94. The van der Waals surface area contributed by atoms with Gasteiger partial charge in [0.1, 0.15) is 17.3 Å². The van der Waals surface area contributed by atoms with E-state index in [1.54, 1.807) is 42.5 Å². The molecule has 1 saturated heterocycles. The lowest BCUT2D eigenvalue weighted by Gasteiger charge is -2.27. The highest BCUT2D eigenvalue weighted by Crippen LogP contribution is 2.45. The molecule has 0 aliphatic carbocycles. The number of rotatable bonds is 9. The highest BCUT2D eigenvalue weighted by atomic mass is 16.5. The summed E-state index contributed by atoms with van der Waals surface area (Å²) in [7, 11) is 3.88. The van der Waals surface area contributed by atoms with Crippen LogP contribution in [-0.2, 0) is 9.59 Å². The minimum Gasteiger partial charge on any atom is -0.507 e.